The Hall–Kier alpha value is -2.80. The van der Waals surface area contributed by atoms with Crippen molar-refractivity contribution >= 4 is 17.7 Å². The number of amides is 1. The van der Waals surface area contributed by atoms with Gasteiger partial charge in [-0.3, -0.25) is 4.79 Å². The van der Waals surface area contributed by atoms with E-state index in [1.807, 2.05) is 56.3 Å². The van der Waals surface area contributed by atoms with E-state index in [0.717, 1.165) is 18.4 Å². The lowest BCUT2D eigenvalue weighted by atomic mass is 10.1. The molecule has 0 bridgehead atoms. The Balaban J connectivity index is 1.48. The molecule has 0 unspecified atom stereocenters. The number of aryl methyl sites for hydroxylation is 2. The molecule has 1 aromatic heterocycles. The Morgan fingerprint density at radius 1 is 1.14 bits per heavy atom. The maximum Gasteiger partial charge on any atom is 0.230 e. The van der Waals surface area contributed by atoms with Gasteiger partial charge in [-0.2, -0.15) is 0 Å². The van der Waals surface area contributed by atoms with Gasteiger partial charge >= 0.3 is 0 Å². The summed E-state index contributed by atoms with van der Waals surface area (Å²) in [7, 11) is 0. The third kappa shape index (κ3) is 5.36. The van der Waals surface area contributed by atoms with Gasteiger partial charge in [0.25, 0.3) is 0 Å². The van der Waals surface area contributed by atoms with Gasteiger partial charge in [-0.1, -0.05) is 71.9 Å². The number of benzene rings is 2. The van der Waals surface area contributed by atoms with E-state index in [9.17, 15) is 4.79 Å². The number of thioether (sulfide) groups is 1. The quantitative estimate of drug-likeness (QED) is 0.452. The number of hydrogen-bond donors (Lipinski definition) is 2. The van der Waals surface area contributed by atoms with Gasteiger partial charge in [-0.25, -0.2) is 4.68 Å². The minimum Gasteiger partial charge on any atom is -0.353 e. The van der Waals surface area contributed by atoms with Crippen molar-refractivity contribution in [3.05, 3.63) is 65.7 Å². The molecule has 0 fully saturated rings. The summed E-state index contributed by atoms with van der Waals surface area (Å²) in [4.78, 5) is 12.2. The molecule has 146 valence electrons. The highest BCUT2D eigenvalue weighted by atomic mass is 32.2. The summed E-state index contributed by atoms with van der Waals surface area (Å²) in [6.45, 7) is 4.05. The molecule has 0 radical (unpaired) electrons. The van der Waals surface area contributed by atoms with Crippen molar-refractivity contribution in [2.24, 2.45) is 0 Å². The van der Waals surface area contributed by atoms with Crippen molar-refractivity contribution in [1.29, 1.82) is 0 Å². The first-order valence-electron chi connectivity index (χ1n) is 9.26. The van der Waals surface area contributed by atoms with E-state index in [1.165, 1.54) is 27.6 Å². The second-order valence-electron chi connectivity index (χ2n) is 6.82. The summed E-state index contributed by atoms with van der Waals surface area (Å²) in [6, 6.07) is 18.3. The lowest BCUT2D eigenvalue weighted by molar-refractivity contribution is -0.119. The molecule has 0 aliphatic heterocycles. The van der Waals surface area contributed by atoms with Crippen molar-refractivity contribution in [1.82, 2.24) is 20.2 Å². The minimum absolute atomic E-state index is 0.0366. The summed E-state index contributed by atoms with van der Waals surface area (Å²) >= 11 is 1.28. The van der Waals surface area contributed by atoms with Gasteiger partial charge in [0.05, 0.1) is 5.75 Å². The number of aromatic nitrogens is 3. The maximum atomic E-state index is 12.2. The van der Waals surface area contributed by atoms with E-state index in [1.54, 1.807) is 0 Å². The van der Waals surface area contributed by atoms with Crippen LogP contribution in [0.15, 0.2) is 59.8 Å². The largest absolute Gasteiger partial charge is 0.353 e. The molecule has 7 heteroatoms. The molecule has 28 heavy (non-hydrogen) atoms. The van der Waals surface area contributed by atoms with Crippen molar-refractivity contribution < 1.29 is 4.79 Å². The van der Waals surface area contributed by atoms with Crippen LogP contribution >= 0.6 is 11.8 Å². The molecule has 6 nitrogen and oxygen atoms in total. The number of carbonyl (C=O) groups excluding carboxylic acids is 1. The topological polar surface area (TPSA) is 85.8 Å². The number of nitrogens with one attached hydrogen (secondary N) is 1. The smallest absolute Gasteiger partial charge is 0.230 e. The molecule has 0 saturated carbocycles. The van der Waals surface area contributed by atoms with Gasteiger partial charge in [-0.05, 0) is 32.3 Å². The van der Waals surface area contributed by atoms with Gasteiger partial charge in [0.2, 0.25) is 11.1 Å². The van der Waals surface area contributed by atoms with Crippen molar-refractivity contribution in [3.63, 3.8) is 0 Å². The maximum absolute atomic E-state index is 12.2. The van der Waals surface area contributed by atoms with Crippen LogP contribution in [0.25, 0.3) is 11.4 Å². The lowest BCUT2D eigenvalue weighted by Crippen LogP contribution is -2.34. The van der Waals surface area contributed by atoms with E-state index in [4.69, 9.17) is 5.84 Å². The van der Waals surface area contributed by atoms with E-state index in [-0.39, 0.29) is 17.7 Å². The molecule has 3 rings (SSSR count). The fourth-order valence-electron chi connectivity index (χ4n) is 2.82. The highest BCUT2D eigenvalue weighted by Crippen LogP contribution is 2.21. The van der Waals surface area contributed by atoms with Crippen LogP contribution in [0.3, 0.4) is 0 Å². The zero-order valence-corrected chi connectivity index (χ0v) is 16.9. The van der Waals surface area contributed by atoms with Gasteiger partial charge in [0.1, 0.15) is 0 Å². The fourth-order valence-corrected chi connectivity index (χ4v) is 3.49. The molecular formula is C21H25N5OS. The number of rotatable bonds is 8. The summed E-state index contributed by atoms with van der Waals surface area (Å²) in [5, 5.41) is 11.8. The third-order valence-corrected chi connectivity index (χ3v) is 5.37. The molecule has 3 aromatic rings. The predicted octanol–water partition coefficient (Wildman–Crippen LogP) is 3.20. The average molecular weight is 396 g/mol. The molecule has 1 atom stereocenters. The van der Waals surface area contributed by atoms with Gasteiger partial charge in [-0.15, -0.1) is 10.2 Å². The Kier molecular flexibility index (Phi) is 6.71. The molecule has 0 aliphatic rings. The Labute approximate surface area is 169 Å². The summed E-state index contributed by atoms with van der Waals surface area (Å²) < 4.78 is 1.43. The zero-order valence-electron chi connectivity index (χ0n) is 16.1. The van der Waals surface area contributed by atoms with Crippen LogP contribution in [0.5, 0.6) is 0 Å². The Morgan fingerprint density at radius 2 is 1.86 bits per heavy atom. The number of nitrogens with two attached hydrogens (primary N) is 1. The molecular weight excluding hydrogens is 370 g/mol. The average Bonchev–Trinajstić information content (AvgIpc) is 3.07. The zero-order chi connectivity index (χ0) is 19.9. The Bertz CT molecular complexity index is 908. The van der Waals surface area contributed by atoms with Crippen LogP contribution in [-0.2, 0) is 11.2 Å². The Morgan fingerprint density at radius 3 is 2.57 bits per heavy atom. The summed E-state index contributed by atoms with van der Waals surface area (Å²) in [6.07, 6.45) is 1.83. The first kappa shape index (κ1) is 19.9. The predicted molar refractivity (Wildman–Crippen MR) is 113 cm³/mol. The van der Waals surface area contributed by atoms with Crippen molar-refractivity contribution in [3.8, 4) is 11.4 Å². The molecule has 3 N–H and O–H groups in total. The monoisotopic (exact) mass is 395 g/mol. The van der Waals surface area contributed by atoms with Crippen LogP contribution < -0.4 is 11.2 Å². The number of nitrogen functional groups attached to an aromatic ring is 1. The highest BCUT2D eigenvalue weighted by molar-refractivity contribution is 7.99. The third-order valence-electron chi connectivity index (χ3n) is 4.42. The fraction of sp³-hybridized carbons (Fsp3) is 0.286. The molecule has 0 saturated heterocycles. The van der Waals surface area contributed by atoms with Crippen LogP contribution in [0, 0.1) is 6.92 Å². The van der Waals surface area contributed by atoms with Crippen molar-refractivity contribution in [2.45, 2.75) is 37.9 Å². The summed E-state index contributed by atoms with van der Waals surface area (Å²) in [5.41, 5.74) is 3.34. The molecule has 0 aliphatic carbocycles. The van der Waals surface area contributed by atoms with E-state index in [2.05, 4.69) is 27.6 Å². The van der Waals surface area contributed by atoms with Gasteiger partial charge in [0.15, 0.2) is 5.82 Å². The standard InChI is InChI=1S/C21H25N5OS/c1-15-8-12-18(13-9-15)20-24-25-21(26(20)22)28-14-19(27)23-16(2)10-11-17-6-4-3-5-7-17/h3-9,12-13,16H,10-11,14,22H2,1-2H3,(H,23,27)/t16-/m0/s1. The number of carbonyl (C=O) groups is 1. The van der Waals surface area contributed by atoms with E-state index < -0.39 is 0 Å². The summed E-state index contributed by atoms with van der Waals surface area (Å²) in [5.74, 6) is 6.91. The first-order chi connectivity index (χ1) is 13.5. The van der Waals surface area contributed by atoms with Crippen LogP contribution in [0.2, 0.25) is 0 Å². The van der Waals surface area contributed by atoms with Gasteiger partial charge < -0.3 is 11.2 Å². The lowest BCUT2D eigenvalue weighted by Gasteiger charge is -2.13. The normalized spacial score (nSPS) is 11.9. The van der Waals surface area contributed by atoms with Crippen LogP contribution in [0.4, 0.5) is 0 Å². The van der Waals surface area contributed by atoms with Crippen LogP contribution in [0.1, 0.15) is 24.5 Å². The van der Waals surface area contributed by atoms with E-state index >= 15 is 0 Å². The van der Waals surface area contributed by atoms with E-state index in [0.29, 0.717) is 11.0 Å². The molecule has 1 heterocycles. The van der Waals surface area contributed by atoms with Crippen molar-refractivity contribution in [2.75, 3.05) is 11.6 Å². The molecule has 1 amide bonds. The first-order valence-corrected chi connectivity index (χ1v) is 10.2. The van der Waals surface area contributed by atoms with Crippen LogP contribution in [-0.4, -0.2) is 32.6 Å². The highest BCUT2D eigenvalue weighted by Gasteiger charge is 2.14. The SMILES string of the molecule is Cc1ccc(-c2nnc(SCC(=O)N[C@@H](C)CCc3ccccc3)n2N)cc1. The second kappa shape index (κ2) is 9.41. The molecule has 0 spiro atoms. The second-order valence-corrected chi connectivity index (χ2v) is 7.77. The molecule has 2 aromatic carbocycles. The minimum atomic E-state index is -0.0366. The number of hydrogen-bond acceptors (Lipinski definition) is 5. The number of nitrogens with zero attached hydrogens (tertiary/aromatic N) is 3. The van der Waals surface area contributed by atoms with Gasteiger partial charge in [0, 0.05) is 11.6 Å².